The van der Waals surface area contributed by atoms with E-state index in [4.69, 9.17) is 36.1 Å². The minimum absolute atomic E-state index is 0.0419. The molecule has 0 saturated carbocycles. The van der Waals surface area contributed by atoms with E-state index in [-0.39, 0.29) is 5.92 Å². The van der Waals surface area contributed by atoms with Crippen LogP contribution in [0.2, 0.25) is 5.02 Å². The lowest BCUT2D eigenvalue weighted by Gasteiger charge is -2.27. The second kappa shape index (κ2) is 9.09. The zero-order valence-corrected chi connectivity index (χ0v) is 21.4. The fourth-order valence-electron chi connectivity index (χ4n) is 4.51. The van der Waals surface area contributed by atoms with Gasteiger partial charge in [-0.2, -0.15) is 0 Å². The minimum Gasteiger partial charge on any atom is -0.479 e. The number of halogens is 1. The lowest BCUT2D eigenvalue weighted by molar-refractivity contribution is 0.0191. The van der Waals surface area contributed by atoms with Crippen LogP contribution in [0.5, 0.6) is 5.88 Å². The smallest absolute Gasteiger partial charge is 0.238 e. The molecule has 0 bridgehead atoms. The summed E-state index contributed by atoms with van der Waals surface area (Å²) in [5, 5.41) is 5.52. The molecule has 0 spiro atoms. The van der Waals surface area contributed by atoms with Crippen molar-refractivity contribution in [3.8, 4) is 23.1 Å². The van der Waals surface area contributed by atoms with Crippen LogP contribution in [0, 0.1) is 6.92 Å². The molecule has 9 heteroatoms. The maximum atomic E-state index is 6.70. The molecule has 4 heterocycles. The van der Waals surface area contributed by atoms with Crippen LogP contribution in [0.1, 0.15) is 55.3 Å². The van der Waals surface area contributed by atoms with Crippen LogP contribution in [-0.4, -0.2) is 43.5 Å². The van der Waals surface area contributed by atoms with E-state index < -0.39 is 5.60 Å². The van der Waals surface area contributed by atoms with E-state index in [1.807, 2.05) is 46.6 Å². The first kappa shape index (κ1) is 23.5. The van der Waals surface area contributed by atoms with Crippen LogP contribution in [0.4, 0.5) is 0 Å². The number of rotatable bonds is 6. The number of aromatic nitrogens is 6. The summed E-state index contributed by atoms with van der Waals surface area (Å²) in [6.07, 6.45) is 5.62. The first-order valence-electron chi connectivity index (χ1n) is 11.7. The Morgan fingerprint density at radius 2 is 1.94 bits per heavy atom. The van der Waals surface area contributed by atoms with E-state index in [0.717, 1.165) is 52.7 Å². The minimum atomic E-state index is -0.414. The molecule has 0 amide bonds. The number of methoxy groups -OCH3 is 2. The van der Waals surface area contributed by atoms with Crippen molar-refractivity contribution in [3.05, 3.63) is 70.5 Å². The second-order valence-electron chi connectivity index (χ2n) is 9.31. The lowest BCUT2D eigenvalue weighted by Crippen LogP contribution is -2.21. The molecule has 1 aliphatic rings. The number of imidazole rings is 1. The molecule has 8 nitrogen and oxygen atoms in total. The highest BCUT2D eigenvalue weighted by molar-refractivity contribution is 6.31. The molecule has 5 rings (SSSR count). The van der Waals surface area contributed by atoms with Gasteiger partial charge in [0, 0.05) is 30.8 Å². The molecular formula is C26H29ClN6O2. The maximum absolute atomic E-state index is 6.70. The van der Waals surface area contributed by atoms with Gasteiger partial charge in [0.05, 0.1) is 24.7 Å². The van der Waals surface area contributed by atoms with Gasteiger partial charge < -0.3 is 14.0 Å². The summed E-state index contributed by atoms with van der Waals surface area (Å²) in [6.45, 7) is 6.85. The number of nitrogens with zero attached hydrogens (tertiary/aromatic N) is 6. The number of hydrogen-bond donors (Lipinski definition) is 0. The molecule has 35 heavy (non-hydrogen) atoms. The van der Waals surface area contributed by atoms with E-state index in [0.29, 0.717) is 17.4 Å². The van der Waals surface area contributed by atoms with Crippen molar-refractivity contribution in [3.63, 3.8) is 0 Å². The van der Waals surface area contributed by atoms with Gasteiger partial charge in [0.25, 0.3) is 0 Å². The first-order chi connectivity index (χ1) is 16.8. The van der Waals surface area contributed by atoms with E-state index in [1.54, 1.807) is 20.5 Å². The quantitative estimate of drug-likeness (QED) is 0.363. The van der Waals surface area contributed by atoms with Crippen molar-refractivity contribution in [1.82, 2.24) is 29.3 Å². The fourth-order valence-corrected chi connectivity index (χ4v) is 4.76. The van der Waals surface area contributed by atoms with E-state index in [9.17, 15) is 0 Å². The zero-order valence-electron chi connectivity index (χ0n) is 20.6. The molecular weight excluding hydrogens is 464 g/mol. The Bertz CT molecular complexity index is 1380. The van der Waals surface area contributed by atoms with Crippen molar-refractivity contribution in [1.29, 1.82) is 0 Å². The highest BCUT2D eigenvalue weighted by atomic mass is 35.5. The van der Waals surface area contributed by atoms with E-state index >= 15 is 0 Å². The van der Waals surface area contributed by atoms with Crippen LogP contribution >= 0.6 is 11.6 Å². The summed E-state index contributed by atoms with van der Waals surface area (Å²) in [4.78, 5) is 13.9. The Morgan fingerprint density at radius 1 is 1.11 bits per heavy atom. The largest absolute Gasteiger partial charge is 0.479 e. The van der Waals surface area contributed by atoms with Crippen molar-refractivity contribution >= 4 is 11.6 Å². The van der Waals surface area contributed by atoms with Crippen molar-refractivity contribution in [2.24, 2.45) is 0 Å². The molecule has 0 radical (unpaired) electrons. The summed E-state index contributed by atoms with van der Waals surface area (Å²) >= 11 is 6.70. The van der Waals surface area contributed by atoms with Crippen molar-refractivity contribution in [2.45, 2.75) is 51.7 Å². The van der Waals surface area contributed by atoms with Crippen LogP contribution in [0.3, 0.4) is 0 Å². The van der Waals surface area contributed by atoms with Crippen LogP contribution in [0.15, 0.2) is 42.9 Å². The average molecular weight is 493 g/mol. The predicted octanol–water partition coefficient (Wildman–Crippen LogP) is 5.30. The molecule has 0 N–H and O–H groups in total. The summed E-state index contributed by atoms with van der Waals surface area (Å²) in [5.74, 6) is 2.00. The second-order valence-corrected chi connectivity index (χ2v) is 9.72. The van der Waals surface area contributed by atoms with Gasteiger partial charge in [-0.1, -0.05) is 23.7 Å². The lowest BCUT2D eigenvalue weighted by atomic mass is 9.87. The van der Waals surface area contributed by atoms with Gasteiger partial charge in [0.15, 0.2) is 5.82 Å². The van der Waals surface area contributed by atoms with Crippen LogP contribution < -0.4 is 4.74 Å². The number of ether oxygens (including phenoxy) is 2. The van der Waals surface area contributed by atoms with Gasteiger partial charge in [0.2, 0.25) is 5.88 Å². The average Bonchev–Trinajstić information content (AvgIpc) is 3.50. The molecule has 0 aliphatic carbocycles. The molecule has 1 aliphatic heterocycles. The Morgan fingerprint density at radius 3 is 2.66 bits per heavy atom. The van der Waals surface area contributed by atoms with E-state index in [2.05, 4.69) is 24.9 Å². The monoisotopic (exact) mass is 492 g/mol. The molecule has 1 aromatic carbocycles. The number of fused-ring (bicyclic) bond motifs is 1. The molecule has 3 aromatic heterocycles. The summed E-state index contributed by atoms with van der Waals surface area (Å²) in [7, 11) is 3.33. The molecule has 0 unspecified atom stereocenters. The van der Waals surface area contributed by atoms with Gasteiger partial charge >= 0.3 is 0 Å². The summed E-state index contributed by atoms with van der Waals surface area (Å²) in [6, 6.07) is 9.98. The van der Waals surface area contributed by atoms with Crippen LogP contribution in [0.25, 0.3) is 17.2 Å². The van der Waals surface area contributed by atoms with Crippen molar-refractivity contribution in [2.75, 3.05) is 14.2 Å². The Labute approximate surface area is 209 Å². The molecule has 182 valence electrons. The number of hydrogen-bond acceptors (Lipinski definition) is 6. The van der Waals surface area contributed by atoms with Gasteiger partial charge in [-0.25, -0.2) is 19.6 Å². The third-order valence-corrected chi connectivity index (χ3v) is 7.05. The number of aryl methyl sites for hydroxylation is 2. The number of benzene rings is 1. The van der Waals surface area contributed by atoms with Crippen molar-refractivity contribution < 1.29 is 9.47 Å². The highest BCUT2D eigenvalue weighted by Crippen LogP contribution is 2.39. The summed E-state index contributed by atoms with van der Waals surface area (Å²) in [5.41, 5.74) is 4.09. The van der Waals surface area contributed by atoms with Crippen LogP contribution in [-0.2, 0) is 16.9 Å². The van der Waals surface area contributed by atoms with Gasteiger partial charge in [-0.05, 0) is 62.9 Å². The molecule has 0 saturated heterocycles. The third kappa shape index (κ3) is 4.32. The Balaban J connectivity index is 1.53. The fraction of sp³-hybridized carbons (Fsp3) is 0.385. The SMILES string of the molecule is COc1nc(-c2nc3n(n2)CCC[C@@H]3c2cc(C(C)(C)OC)ccc2Cl)ccc1-n1cnc(C)c1. The Kier molecular flexibility index (Phi) is 6.11. The van der Waals surface area contributed by atoms with Gasteiger partial charge in [-0.15, -0.1) is 5.10 Å². The van der Waals surface area contributed by atoms with Gasteiger partial charge in [-0.3, -0.25) is 0 Å². The predicted molar refractivity (Wildman–Crippen MR) is 134 cm³/mol. The summed E-state index contributed by atoms with van der Waals surface area (Å²) < 4.78 is 15.2. The molecule has 4 aromatic rings. The number of pyridine rings is 1. The van der Waals surface area contributed by atoms with E-state index in [1.165, 1.54) is 0 Å². The normalized spacial score (nSPS) is 15.8. The maximum Gasteiger partial charge on any atom is 0.238 e. The Hall–Kier alpha value is -3.23. The standard InChI is InChI=1S/C26H29ClN6O2/c1-16-14-32(15-28-16)22-11-10-21(29-25(22)34-4)23-30-24-18(7-6-12-33(24)31-23)19-13-17(8-9-20(19)27)26(2,3)35-5/h8-11,13-15,18H,6-7,12H2,1-5H3/t18-/m1/s1. The topological polar surface area (TPSA) is 79.9 Å². The van der Waals surface area contributed by atoms with Gasteiger partial charge in [0.1, 0.15) is 17.2 Å². The first-order valence-corrected chi connectivity index (χ1v) is 12.0. The zero-order chi connectivity index (χ0) is 24.7. The third-order valence-electron chi connectivity index (χ3n) is 6.70. The molecule has 0 fully saturated rings. The molecule has 1 atom stereocenters. The highest BCUT2D eigenvalue weighted by Gasteiger charge is 2.30.